The number of sulfonamides is 1. The van der Waals surface area contributed by atoms with Gasteiger partial charge in [0.05, 0.1) is 17.6 Å². The maximum absolute atomic E-state index is 12.4. The van der Waals surface area contributed by atoms with E-state index in [2.05, 4.69) is 9.46 Å². The molecule has 3 N–H and O–H groups in total. The zero-order chi connectivity index (χ0) is 15.3. The first-order chi connectivity index (χ1) is 9.35. The van der Waals surface area contributed by atoms with E-state index in [4.69, 9.17) is 5.73 Å². The number of benzene rings is 1. The Kier molecular flexibility index (Phi) is 5.52. The van der Waals surface area contributed by atoms with Gasteiger partial charge in [-0.15, -0.1) is 0 Å². The van der Waals surface area contributed by atoms with Crippen LogP contribution in [-0.2, 0) is 14.8 Å². The zero-order valence-electron chi connectivity index (χ0n) is 11.8. The van der Waals surface area contributed by atoms with Gasteiger partial charge in [0, 0.05) is 11.7 Å². The number of esters is 1. The highest BCUT2D eigenvalue weighted by Crippen LogP contribution is 2.20. The van der Waals surface area contributed by atoms with Crippen LogP contribution in [0.15, 0.2) is 23.1 Å². The third-order valence-electron chi connectivity index (χ3n) is 3.01. The molecule has 0 radical (unpaired) electrons. The molecular weight excluding hydrogens is 280 g/mol. The normalized spacial score (nSPS) is 11.6. The summed E-state index contributed by atoms with van der Waals surface area (Å²) in [6.07, 6.45) is 1.33. The molecule has 0 saturated carbocycles. The average molecular weight is 300 g/mol. The van der Waals surface area contributed by atoms with Gasteiger partial charge >= 0.3 is 5.97 Å². The molecule has 0 unspecified atom stereocenters. The molecule has 0 bridgehead atoms. The smallest absolute Gasteiger partial charge is 0.339 e. The number of hydrogen-bond acceptors (Lipinski definition) is 5. The number of anilines is 1. The summed E-state index contributed by atoms with van der Waals surface area (Å²) in [5.41, 5.74) is 5.83. The highest BCUT2D eigenvalue weighted by molar-refractivity contribution is 7.89. The van der Waals surface area contributed by atoms with Gasteiger partial charge in [0.1, 0.15) is 0 Å². The molecule has 1 aromatic carbocycles. The van der Waals surface area contributed by atoms with Crippen LogP contribution in [0, 0.1) is 0 Å². The fourth-order valence-electron chi connectivity index (χ4n) is 1.79. The molecule has 6 nitrogen and oxygen atoms in total. The number of nitrogens with two attached hydrogens (primary N) is 1. The molecule has 0 spiro atoms. The number of nitrogens with one attached hydrogen (secondary N) is 1. The number of carbonyl (C=O) groups excluding carboxylic acids is 1. The minimum absolute atomic E-state index is 0.0639. The van der Waals surface area contributed by atoms with E-state index in [0.29, 0.717) is 18.5 Å². The minimum Gasteiger partial charge on any atom is -0.465 e. The molecular formula is C13H20N2O4S. The monoisotopic (exact) mass is 300 g/mol. The van der Waals surface area contributed by atoms with Crippen LogP contribution in [0.25, 0.3) is 0 Å². The van der Waals surface area contributed by atoms with Crippen LogP contribution in [0.3, 0.4) is 0 Å². The molecule has 0 aliphatic heterocycles. The quantitative estimate of drug-likeness (QED) is 0.613. The predicted molar refractivity (Wildman–Crippen MR) is 76.9 cm³/mol. The molecule has 0 aliphatic carbocycles. The number of ether oxygens (including phenoxy) is 1. The largest absolute Gasteiger partial charge is 0.465 e. The zero-order valence-corrected chi connectivity index (χ0v) is 12.7. The molecule has 0 aliphatic rings. The molecule has 0 heterocycles. The highest BCUT2D eigenvalue weighted by atomic mass is 32.2. The molecule has 0 aromatic heterocycles. The molecule has 112 valence electrons. The van der Waals surface area contributed by atoms with Gasteiger partial charge < -0.3 is 10.5 Å². The Morgan fingerprint density at radius 3 is 2.45 bits per heavy atom. The third kappa shape index (κ3) is 3.71. The van der Waals surface area contributed by atoms with E-state index in [0.717, 1.165) is 0 Å². The summed E-state index contributed by atoms with van der Waals surface area (Å²) >= 11 is 0. The summed E-state index contributed by atoms with van der Waals surface area (Å²) in [5.74, 6) is -0.734. The SMILES string of the molecule is CCC(CC)NS(=O)(=O)c1ccc(N)cc1C(=O)OC. The molecule has 0 fully saturated rings. The standard InChI is InChI=1S/C13H20N2O4S/c1-4-10(5-2)15-20(17,18)12-7-6-9(14)8-11(12)13(16)19-3/h6-8,10,15H,4-5,14H2,1-3H3. The Morgan fingerprint density at radius 1 is 1.35 bits per heavy atom. The molecule has 20 heavy (non-hydrogen) atoms. The number of hydrogen-bond donors (Lipinski definition) is 2. The van der Waals surface area contributed by atoms with Crippen molar-refractivity contribution < 1.29 is 17.9 Å². The Hall–Kier alpha value is -1.60. The van der Waals surface area contributed by atoms with Crippen molar-refractivity contribution >= 4 is 21.7 Å². The molecule has 0 saturated heterocycles. The summed E-state index contributed by atoms with van der Waals surface area (Å²) in [6, 6.07) is 3.87. The van der Waals surface area contributed by atoms with Gasteiger partial charge in [-0.2, -0.15) is 0 Å². The second-order valence-electron chi connectivity index (χ2n) is 4.38. The van der Waals surface area contributed by atoms with E-state index in [1.165, 1.54) is 25.3 Å². The van der Waals surface area contributed by atoms with Crippen molar-refractivity contribution in [3.05, 3.63) is 23.8 Å². The van der Waals surface area contributed by atoms with Gasteiger partial charge in [-0.25, -0.2) is 17.9 Å². The van der Waals surface area contributed by atoms with E-state index < -0.39 is 16.0 Å². The van der Waals surface area contributed by atoms with Crippen LogP contribution in [0.5, 0.6) is 0 Å². The first-order valence-electron chi connectivity index (χ1n) is 6.35. The minimum atomic E-state index is -3.79. The van der Waals surface area contributed by atoms with Crippen LogP contribution in [-0.4, -0.2) is 27.5 Å². The number of methoxy groups -OCH3 is 1. The van der Waals surface area contributed by atoms with Gasteiger partial charge in [-0.3, -0.25) is 0 Å². The topological polar surface area (TPSA) is 98.5 Å². The van der Waals surface area contributed by atoms with Gasteiger partial charge in [-0.05, 0) is 31.0 Å². The lowest BCUT2D eigenvalue weighted by Gasteiger charge is -2.16. The summed E-state index contributed by atoms with van der Waals surface area (Å²) < 4.78 is 31.9. The van der Waals surface area contributed by atoms with E-state index >= 15 is 0 Å². The fraction of sp³-hybridized carbons (Fsp3) is 0.462. The second kappa shape index (κ2) is 6.71. The Labute approximate surface area is 119 Å². The lowest BCUT2D eigenvalue weighted by atomic mass is 10.2. The Balaban J connectivity index is 3.27. The Morgan fingerprint density at radius 2 is 1.95 bits per heavy atom. The van der Waals surface area contributed by atoms with Crippen LogP contribution in [0.1, 0.15) is 37.0 Å². The number of nitrogen functional groups attached to an aromatic ring is 1. The lowest BCUT2D eigenvalue weighted by molar-refractivity contribution is 0.0596. The number of rotatable bonds is 6. The summed E-state index contributed by atoms with van der Waals surface area (Å²) in [5, 5.41) is 0. The van der Waals surface area contributed by atoms with Crippen LogP contribution in [0.4, 0.5) is 5.69 Å². The van der Waals surface area contributed by atoms with Gasteiger partial charge in [-0.1, -0.05) is 13.8 Å². The fourth-order valence-corrected chi connectivity index (χ4v) is 3.37. The van der Waals surface area contributed by atoms with Crippen molar-refractivity contribution in [1.29, 1.82) is 0 Å². The van der Waals surface area contributed by atoms with E-state index in [1.807, 2.05) is 13.8 Å². The highest BCUT2D eigenvalue weighted by Gasteiger charge is 2.25. The summed E-state index contributed by atoms with van der Waals surface area (Å²) in [6.45, 7) is 3.78. The Bertz CT molecular complexity index is 580. The molecule has 0 atom stereocenters. The van der Waals surface area contributed by atoms with Crippen molar-refractivity contribution in [3.8, 4) is 0 Å². The van der Waals surface area contributed by atoms with Gasteiger partial charge in [0.25, 0.3) is 0 Å². The number of carbonyl (C=O) groups is 1. The summed E-state index contributed by atoms with van der Waals surface area (Å²) in [7, 11) is -2.60. The van der Waals surface area contributed by atoms with Crippen molar-refractivity contribution in [2.75, 3.05) is 12.8 Å². The van der Waals surface area contributed by atoms with Crippen LogP contribution in [0.2, 0.25) is 0 Å². The molecule has 1 aromatic rings. The molecule has 1 rings (SSSR count). The first-order valence-corrected chi connectivity index (χ1v) is 7.84. The van der Waals surface area contributed by atoms with Crippen molar-refractivity contribution in [2.24, 2.45) is 0 Å². The van der Waals surface area contributed by atoms with E-state index in [9.17, 15) is 13.2 Å². The maximum Gasteiger partial charge on any atom is 0.339 e. The first kappa shape index (κ1) is 16.5. The molecule has 0 amide bonds. The van der Waals surface area contributed by atoms with Crippen molar-refractivity contribution in [2.45, 2.75) is 37.6 Å². The lowest BCUT2D eigenvalue weighted by Crippen LogP contribution is -2.34. The van der Waals surface area contributed by atoms with Gasteiger partial charge in [0.2, 0.25) is 10.0 Å². The predicted octanol–water partition coefficient (Wildman–Crippen LogP) is 1.52. The van der Waals surface area contributed by atoms with Crippen molar-refractivity contribution in [3.63, 3.8) is 0 Å². The maximum atomic E-state index is 12.4. The van der Waals surface area contributed by atoms with Crippen LogP contribution < -0.4 is 10.5 Å². The second-order valence-corrected chi connectivity index (χ2v) is 6.06. The average Bonchev–Trinajstić information content (AvgIpc) is 2.43. The molecule has 7 heteroatoms. The van der Waals surface area contributed by atoms with E-state index in [1.54, 1.807) is 0 Å². The van der Waals surface area contributed by atoms with Gasteiger partial charge in [0.15, 0.2) is 0 Å². The van der Waals surface area contributed by atoms with Crippen molar-refractivity contribution in [1.82, 2.24) is 4.72 Å². The van der Waals surface area contributed by atoms with E-state index in [-0.39, 0.29) is 16.5 Å². The summed E-state index contributed by atoms with van der Waals surface area (Å²) in [4.78, 5) is 11.6. The van der Waals surface area contributed by atoms with Crippen LogP contribution >= 0.6 is 0 Å². The third-order valence-corrected chi connectivity index (χ3v) is 4.58.